The third kappa shape index (κ3) is 44.6. The lowest BCUT2D eigenvalue weighted by molar-refractivity contribution is -0.379. The molecule has 0 bridgehead atoms. The number of aliphatic hydroxyl groups is 11. The number of ether oxygens (including phenoxy) is 6. The molecular formula is C84H159NO18. The number of hydrogen-bond acceptors (Lipinski definition) is 18. The predicted octanol–water partition coefficient (Wildman–Crippen LogP) is 15.3. The van der Waals surface area contributed by atoms with E-state index in [1.165, 1.54) is 302 Å². The van der Waals surface area contributed by atoms with Crippen LogP contribution in [0.25, 0.3) is 0 Å². The largest absolute Gasteiger partial charge is 0.394 e. The molecule has 0 aromatic carbocycles. The van der Waals surface area contributed by atoms with Gasteiger partial charge in [-0.1, -0.05) is 359 Å². The second kappa shape index (κ2) is 65.0. The average molecular weight is 1470 g/mol. The van der Waals surface area contributed by atoms with Crippen LogP contribution in [0.3, 0.4) is 0 Å². The Morgan fingerprint density at radius 1 is 0.340 bits per heavy atom. The highest BCUT2D eigenvalue weighted by molar-refractivity contribution is 5.76. The first-order chi connectivity index (χ1) is 50.3. The Morgan fingerprint density at radius 2 is 0.621 bits per heavy atom. The van der Waals surface area contributed by atoms with Gasteiger partial charge in [0.2, 0.25) is 5.91 Å². The fourth-order valence-corrected chi connectivity index (χ4v) is 14.9. The van der Waals surface area contributed by atoms with Crippen LogP contribution in [0.15, 0.2) is 24.3 Å². The molecular weight excluding hydrogens is 1310 g/mol. The van der Waals surface area contributed by atoms with E-state index in [-0.39, 0.29) is 18.9 Å². The Morgan fingerprint density at radius 3 is 0.971 bits per heavy atom. The summed E-state index contributed by atoms with van der Waals surface area (Å²) in [6.45, 7) is 1.77. The van der Waals surface area contributed by atoms with Gasteiger partial charge in [-0.05, 0) is 32.1 Å². The van der Waals surface area contributed by atoms with Gasteiger partial charge in [0.25, 0.3) is 0 Å². The van der Waals surface area contributed by atoms with Crippen molar-refractivity contribution in [3.8, 4) is 0 Å². The van der Waals surface area contributed by atoms with Crippen molar-refractivity contribution < 1.29 is 89.4 Å². The number of nitrogens with one attached hydrogen (secondary N) is 1. The second-order valence-corrected chi connectivity index (χ2v) is 31.0. The molecule has 608 valence electrons. The summed E-state index contributed by atoms with van der Waals surface area (Å²) in [6.07, 6.45) is 53.6. The molecule has 3 saturated heterocycles. The molecule has 0 aliphatic carbocycles. The normalized spacial score (nSPS) is 26.1. The van der Waals surface area contributed by atoms with Crippen LogP contribution in [0.4, 0.5) is 0 Å². The first-order valence-corrected chi connectivity index (χ1v) is 43.1. The predicted molar refractivity (Wildman–Crippen MR) is 411 cm³/mol. The summed E-state index contributed by atoms with van der Waals surface area (Å²) in [5.74, 6) is -0.278. The zero-order valence-corrected chi connectivity index (χ0v) is 65.3. The molecule has 3 rings (SSSR count). The molecule has 3 aliphatic heterocycles. The standard InChI is InChI=1S/C84H159NO18/c1-3-5-7-9-11-13-15-17-19-21-22-23-24-25-26-27-28-29-30-31-32-33-34-35-36-37-38-39-40-41-42-43-44-46-48-50-52-54-56-58-60-62-72(90)85-67(68(89)61-59-57-55-53-51-49-47-45-20-18-16-14-12-10-8-6-4-2)66-98-82-78(96)75(93)80(70(64-87)100-82)103-84-79(97)76(94)81(71(65-88)101-84)102-83-77(95)74(92)73(91)69(63-86)99-83/h51,53,59,61,67-71,73-84,86-89,91-97H,3-50,52,54-58,60,62-66H2,1-2H3,(H,85,90)/b53-51+,61-59+. The Hall–Kier alpha value is -1.73. The van der Waals surface area contributed by atoms with Crippen LogP contribution in [0.2, 0.25) is 0 Å². The van der Waals surface area contributed by atoms with Crippen molar-refractivity contribution in [3.05, 3.63) is 24.3 Å². The minimum atomic E-state index is -1.98. The molecule has 19 heteroatoms. The van der Waals surface area contributed by atoms with Crippen LogP contribution in [0.1, 0.15) is 373 Å². The Balaban J connectivity index is 1.27. The average Bonchev–Trinajstić information content (AvgIpc) is 0.781. The fourth-order valence-electron chi connectivity index (χ4n) is 14.9. The molecule has 0 saturated carbocycles. The number of rotatable bonds is 70. The molecule has 3 aliphatic rings. The smallest absolute Gasteiger partial charge is 0.220 e. The van der Waals surface area contributed by atoms with E-state index >= 15 is 0 Å². The summed E-state index contributed by atoms with van der Waals surface area (Å²) < 4.78 is 34.4. The van der Waals surface area contributed by atoms with Crippen molar-refractivity contribution in [1.29, 1.82) is 0 Å². The van der Waals surface area contributed by atoms with Gasteiger partial charge < -0.3 is 89.9 Å². The van der Waals surface area contributed by atoms with Crippen LogP contribution in [-0.4, -0.2) is 193 Å². The van der Waals surface area contributed by atoms with Crippen molar-refractivity contribution in [3.63, 3.8) is 0 Å². The highest BCUT2D eigenvalue weighted by Gasteiger charge is 2.54. The van der Waals surface area contributed by atoms with Crippen LogP contribution in [-0.2, 0) is 33.2 Å². The van der Waals surface area contributed by atoms with Gasteiger partial charge in [0.1, 0.15) is 73.2 Å². The zero-order valence-electron chi connectivity index (χ0n) is 65.3. The molecule has 3 heterocycles. The van der Waals surface area contributed by atoms with E-state index in [1.807, 2.05) is 6.08 Å². The number of carbonyl (C=O) groups is 1. The monoisotopic (exact) mass is 1470 g/mol. The number of amides is 1. The van der Waals surface area contributed by atoms with Gasteiger partial charge in [0.05, 0.1) is 38.6 Å². The lowest BCUT2D eigenvalue weighted by Crippen LogP contribution is -2.66. The third-order valence-corrected chi connectivity index (χ3v) is 21.8. The number of allylic oxidation sites excluding steroid dienone is 3. The van der Waals surface area contributed by atoms with E-state index in [1.54, 1.807) is 6.08 Å². The van der Waals surface area contributed by atoms with Crippen molar-refractivity contribution in [2.75, 3.05) is 26.4 Å². The van der Waals surface area contributed by atoms with Crippen LogP contribution < -0.4 is 5.32 Å². The molecule has 0 aromatic heterocycles. The molecule has 12 N–H and O–H groups in total. The van der Waals surface area contributed by atoms with Gasteiger partial charge in [-0.25, -0.2) is 0 Å². The summed E-state index contributed by atoms with van der Waals surface area (Å²) in [5.41, 5.74) is 0. The molecule has 17 unspecified atom stereocenters. The maximum absolute atomic E-state index is 13.5. The second-order valence-electron chi connectivity index (χ2n) is 31.0. The number of carbonyl (C=O) groups excluding carboxylic acids is 1. The molecule has 17 atom stereocenters. The van der Waals surface area contributed by atoms with Crippen molar-refractivity contribution >= 4 is 5.91 Å². The minimum absolute atomic E-state index is 0.241. The lowest BCUT2D eigenvalue weighted by atomic mass is 9.96. The number of hydrogen-bond donors (Lipinski definition) is 12. The summed E-state index contributed by atoms with van der Waals surface area (Å²) in [6, 6.07) is -0.988. The first-order valence-electron chi connectivity index (χ1n) is 43.1. The van der Waals surface area contributed by atoms with E-state index in [0.29, 0.717) is 12.8 Å². The van der Waals surface area contributed by atoms with Gasteiger partial charge in [-0.15, -0.1) is 0 Å². The molecule has 3 fully saturated rings. The maximum atomic E-state index is 13.5. The molecule has 0 aromatic rings. The van der Waals surface area contributed by atoms with E-state index in [2.05, 4.69) is 31.3 Å². The van der Waals surface area contributed by atoms with E-state index in [9.17, 15) is 61.0 Å². The fraction of sp³-hybridized carbons (Fsp3) is 0.940. The Labute approximate surface area is 626 Å². The third-order valence-electron chi connectivity index (χ3n) is 21.8. The Bertz CT molecular complexity index is 1950. The van der Waals surface area contributed by atoms with E-state index in [4.69, 9.17) is 28.4 Å². The van der Waals surface area contributed by atoms with Crippen molar-refractivity contribution in [2.45, 2.75) is 478 Å². The van der Waals surface area contributed by atoms with Crippen molar-refractivity contribution in [2.24, 2.45) is 0 Å². The van der Waals surface area contributed by atoms with Gasteiger partial charge in [0, 0.05) is 6.42 Å². The summed E-state index contributed by atoms with van der Waals surface area (Å²) in [5, 5.41) is 121. The first kappa shape index (κ1) is 95.5. The summed E-state index contributed by atoms with van der Waals surface area (Å²) in [7, 11) is 0. The molecule has 0 spiro atoms. The van der Waals surface area contributed by atoms with Gasteiger partial charge in [-0.2, -0.15) is 0 Å². The summed E-state index contributed by atoms with van der Waals surface area (Å²) >= 11 is 0. The zero-order chi connectivity index (χ0) is 74.6. The minimum Gasteiger partial charge on any atom is -0.394 e. The number of unbranched alkanes of at least 4 members (excludes halogenated alkanes) is 52. The topological polar surface area (TPSA) is 307 Å². The van der Waals surface area contributed by atoms with E-state index < -0.39 is 124 Å². The van der Waals surface area contributed by atoms with E-state index in [0.717, 1.165) is 38.5 Å². The SMILES string of the molecule is CCCCCCCCCCCCC/C=C/CC/C=C/C(O)C(COC1OC(CO)C(OC2OC(CO)C(OC3OC(CO)C(O)C(O)C3O)C(O)C2O)C(O)C1O)NC(=O)CCCCCCCCCCCCCCCCCCCCCCCCCCCCCCCCCCCCCCCCCCC. The maximum Gasteiger partial charge on any atom is 0.220 e. The molecule has 1 amide bonds. The van der Waals surface area contributed by atoms with Crippen molar-refractivity contribution in [1.82, 2.24) is 5.32 Å². The number of aliphatic hydroxyl groups excluding tert-OH is 11. The van der Waals surface area contributed by atoms with Gasteiger partial charge in [-0.3, -0.25) is 4.79 Å². The van der Waals surface area contributed by atoms with Crippen LogP contribution >= 0.6 is 0 Å². The van der Waals surface area contributed by atoms with Crippen LogP contribution in [0.5, 0.6) is 0 Å². The molecule has 19 nitrogen and oxygen atoms in total. The highest BCUT2D eigenvalue weighted by Crippen LogP contribution is 2.33. The van der Waals surface area contributed by atoms with Gasteiger partial charge in [0.15, 0.2) is 18.9 Å². The quantitative estimate of drug-likeness (QED) is 0.0199. The van der Waals surface area contributed by atoms with Crippen LogP contribution in [0, 0.1) is 0 Å². The molecule has 0 radical (unpaired) electrons. The summed E-state index contributed by atoms with van der Waals surface area (Å²) in [4.78, 5) is 13.5. The highest BCUT2D eigenvalue weighted by atomic mass is 16.8. The lowest BCUT2D eigenvalue weighted by Gasteiger charge is -2.48. The molecule has 103 heavy (non-hydrogen) atoms. The Kier molecular flexibility index (Phi) is 60.3. The van der Waals surface area contributed by atoms with Gasteiger partial charge >= 0.3 is 0 Å².